The fourth-order valence-electron chi connectivity index (χ4n) is 4.04. The smallest absolute Gasteiger partial charge is 0.340 e. The molecule has 0 fully saturated rings. The maximum Gasteiger partial charge on any atom is 0.340 e. The number of methoxy groups -OCH3 is 1. The number of carbonyl (C=O) groups excluding carboxylic acids is 3. The topological polar surface area (TPSA) is 117 Å². The highest BCUT2D eigenvalue weighted by atomic mass is 16.5. The van der Waals surface area contributed by atoms with E-state index in [1.54, 1.807) is 61.5 Å². The van der Waals surface area contributed by atoms with Crippen molar-refractivity contribution in [1.82, 2.24) is 0 Å². The molecule has 0 radical (unpaired) electrons. The third kappa shape index (κ3) is 2.87. The van der Waals surface area contributed by atoms with Crippen molar-refractivity contribution in [3.63, 3.8) is 0 Å². The Morgan fingerprint density at radius 3 is 2.39 bits per heavy atom. The summed E-state index contributed by atoms with van der Waals surface area (Å²) in [4.78, 5) is 39.7. The standard InChI is InChI=1S/C23H20N2O6/c1-3-30-21(27)16-18(13-9-5-4-6-10-13)31-19(24)17(20(26)29-2)23(16)14-11-7-8-12-15(14)25-22(23)28/h4-12H,3,24H2,1-2H3,(H,25,28)/t23-/m1/s1. The molecule has 1 atom stereocenters. The Kier molecular flexibility index (Phi) is 4.98. The minimum Gasteiger partial charge on any atom is -0.465 e. The number of fused-ring (bicyclic) bond motifs is 2. The Balaban J connectivity index is 2.15. The van der Waals surface area contributed by atoms with Crippen molar-refractivity contribution >= 4 is 29.3 Å². The molecule has 0 bridgehead atoms. The molecule has 3 N–H and O–H groups in total. The van der Waals surface area contributed by atoms with Gasteiger partial charge in [-0.05, 0) is 13.0 Å². The molecule has 2 aliphatic heterocycles. The van der Waals surface area contributed by atoms with Gasteiger partial charge in [-0.3, -0.25) is 4.79 Å². The van der Waals surface area contributed by atoms with Crippen molar-refractivity contribution in [3.8, 4) is 0 Å². The maximum atomic E-state index is 13.6. The second kappa shape index (κ2) is 7.64. The van der Waals surface area contributed by atoms with Crippen molar-refractivity contribution in [2.75, 3.05) is 19.0 Å². The van der Waals surface area contributed by atoms with Gasteiger partial charge in [-0.15, -0.1) is 0 Å². The highest BCUT2D eigenvalue weighted by Gasteiger charge is 2.62. The van der Waals surface area contributed by atoms with Gasteiger partial charge in [0.15, 0.2) is 0 Å². The van der Waals surface area contributed by atoms with Crippen LogP contribution in [0.15, 0.2) is 71.6 Å². The van der Waals surface area contributed by atoms with Crippen molar-refractivity contribution in [1.29, 1.82) is 0 Å². The number of amides is 1. The molecule has 2 heterocycles. The first-order chi connectivity index (χ1) is 15.0. The Morgan fingerprint density at radius 1 is 1.03 bits per heavy atom. The molecular formula is C23H20N2O6. The van der Waals surface area contributed by atoms with Crippen LogP contribution in [0.5, 0.6) is 0 Å². The summed E-state index contributed by atoms with van der Waals surface area (Å²) in [6.07, 6.45) is 0. The lowest BCUT2D eigenvalue weighted by molar-refractivity contribution is -0.141. The molecule has 0 saturated heterocycles. The van der Waals surface area contributed by atoms with E-state index in [4.69, 9.17) is 19.9 Å². The van der Waals surface area contributed by atoms with Gasteiger partial charge in [0.25, 0.3) is 0 Å². The molecule has 8 nitrogen and oxygen atoms in total. The van der Waals surface area contributed by atoms with E-state index in [0.29, 0.717) is 16.8 Å². The number of ether oxygens (including phenoxy) is 3. The number of nitrogens with two attached hydrogens (primary N) is 1. The summed E-state index contributed by atoms with van der Waals surface area (Å²) in [7, 11) is 1.16. The Bertz CT molecular complexity index is 1150. The largest absolute Gasteiger partial charge is 0.465 e. The lowest BCUT2D eigenvalue weighted by Gasteiger charge is -2.36. The van der Waals surface area contributed by atoms with E-state index in [9.17, 15) is 14.4 Å². The quantitative estimate of drug-likeness (QED) is 0.729. The monoisotopic (exact) mass is 420 g/mol. The predicted molar refractivity (Wildman–Crippen MR) is 111 cm³/mol. The fourth-order valence-corrected chi connectivity index (χ4v) is 4.04. The molecule has 1 amide bonds. The van der Waals surface area contributed by atoms with E-state index in [1.165, 1.54) is 0 Å². The number of carbonyl (C=O) groups is 3. The van der Waals surface area contributed by atoms with E-state index >= 15 is 0 Å². The van der Waals surface area contributed by atoms with Crippen LogP contribution in [0.4, 0.5) is 5.69 Å². The molecule has 2 aromatic rings. The van der Waals surface area contributed by atoms with Crippen LogP contribution in [-0.2, 0) is 34.0 Å². The van der Waals surface area contributed by atoms with Gasteiger partial charge < -0.3 is 25.3 Å². The van der Waals surface area contributed by atoms with Gasteiger partial charge in [0.05, 0.1) is 13.7 Å². The van der Waals surface area contributed by atoms with Crippen LogP contribution in [0.25, 0.3) is 5.76 Å². The van der Waals surface area contributed by atoms with Gasteiger partial charge in [0, 0.05) is 16.8 Å². The molecule has 0 aliphatic carbocycles. The molecule has 0 unspecified atom stereocenters. The SMILES string of the molecule is CCOC(=O)C1=C(c2ccccc2)OC(N)=C(C(=O)OC)[C@]12C(=O)Nc1ccccc12. The van der Waals surface area contributed by atoms with Gasteiger partial charge in [0.1, 0.15) is 22.3 Å². The first-order valence-corrected chi connectivity index (χ1v) is 9.61. The summed E-state index contributed by atoms with van der Waals surface area (Å²) in [5.74, 6) is -2.61. The summed E-state index contributed by atoms with van der Waals surface area (Å²) in [6.45, 7) is 1.70. The number of anilines is 1. The Morgan fingerprint density at radius 2 is 1.71 bits per heavy atom. The second-order valence-electron chi connectivity index (χ2n) is 6.87. The third-order valence-corrected chi connectivity index (χ3v) is 5.26. The molecule has 2 aromatic carbocycles. The molecule has 1 spiro atoms. The number of hydrogen-bond donors (Lipinski definition) is 2. The average Bonchev–Trinajstić information content (AvgIpc) is 3.06. The zero-order valence-electron chi connectivity index (χ0n) is 16.9. The molecule has 0 saturated carbocycles. The maximum absolute atomic E-state index is 13.6. The number of benzene rings is 2. The van der Waals surface area contributed by atoms with Gasteiger partial charge in [-0.25, -0.2) is 9.59 Å². The van der Waals surface area contributed by atoms with Crippen LogP contribution in [0.2, 0.25) is 0 Å². The van der Waals surface area contributed by atoms with Gasteiger partial charge in [-0.2, -0.15) is 0 Å². The number of para-hydroxylation sites is 1. The van der Waals surface area contributed by atoms with E-state index in [-0.39, 0.29) is 29.4 Å². The van der Waals surface area contributed by atoms with Gasteiger partial charge in [-0.1, -0.05) is 48.5 Å². The molecule has 4 rings (SSSR count). The summed E-state index contributed by atoms with van der Waals surface area (Å²) in [5, 5.41) is 2.75. The average molecular weight is 420 g/mol. The highest BCUT2D eigenvalue weighted by molar-refractivity contribution is 6.23. The first-order valence-electron chi connectivity index (χ1n) is 9.61. The van der Waals surface area contributed by atoms with Crippen LogP contribution in [0.3, 0.4) is 0 Å². The van der Waals surface area contributed by atoms with Crippen molar-refractivity contribution in [2.45, 2.75) is 12.3 Å². The fraction of sp³-hybridized carbons (Fsp3) is 0.174. The van der Waals surface area contributed by atoms with Crippen LogP contribution < -0.4 is 11.1 Å². The predicted octanol–water partition coefficient (Wildman–Crippen LogP) is 2.22. The van der Waals surface area contributed by atoms with Crippen LogP contribution >= 0.6 is 0 Å². The first kappa shape index (κ1) is 20.2. The molecule has 31 heavy (non-hydrogen) atoms. The van der Waals surface area contributed by atoms with Crippen molar-refractivity contribution in [2.24, 2.45) is 5.73 Å². The normalized spacial score (nSPS) is 19.6. The van der Waals surface area contributed by atoms with E-state index in [1.807, 2.05) is 0 Å². The lowest BCUT2D eigenvalue weighted by atomic mass is 9.67. The summed E-state index contributed by atoms with van der Waals surface area (Å²) >= 11 is 0. The Hall–Kier alpha value is -4.07. The number of rotatable bonds is 4. The van der Waals surface area contributed by atoms with Crippen LogP contribution in [0, 0.1) is 0 Å². The Labute approximate surface area is 178 Å². The number of hydrogen-bond acceptors (Lipinski definition) is 7. The minimum atomic E-state index is -1.90. The minimum absolute atomic E-state index is 0.0380. The van der Waals surface area contributed by atoms with Crippen molar-refractivity contribution < 1.29 is 28.6 Å². The zero-order chi connectivity index (χ0) is 22.2. The summed E-state index contributed by atoms with van der Waals surface area (Å²) in [6, 6.07) is 15.5. The summed E-state index contributed by atoms with van der Waals surface area (Å²) in [5.41, 5.74) is 5.18. The molecule has 158 valence electrons. The molecule has 2 aliphatic rings. The van der Waals surface area contributed by atoms with Gasteiger partial charge in [0.2, 0.25) is 11.8 Å². The summed E-state index contributed by atoms with van der Waals surface area (Å²) < 4.78 is 16.0. The molecule has 8 heteroatoms. The van der Waals surface area contributed by atoms with E-state index < -0.39 is 23.3 Å². The zero-order valence-corrected chi connectivity index (χ0v) is 16.9. The van der Waals surface area contributed by atoms with Crippen LogP contribution in [0.1, 0.15) is 18.1 Å². The van der Waals surface area contributed by atoms with Gasteiger partial charge >= 0.3 is 11.9 Å². The van der Waals surface area contributed by atoms with E-state index in [2.05, 4.69) is 5.32 Å². The number of esters is 2. The third-order valence-electron chi connectivity index (χ3n) is 5.26. The second-order valence-corrected chi connectivity index (χ2v) is 6.87. The molecular weight excluding hydrogens is 400 g/mol. The van der Waals surface area contributed by atoms with Crippen molar-refractivity contribution in [3.05, 3.63) is 82.8 Å². The molecule has 0 aromatic heterocycles. The lowest BCUT2D eigenvalue weighted by Crippen LogP contribution is -2.48. The number of nitrogens with one attached hydrogen (secondary N) is 1. The van der Waals surface area contributed by atoms with Crippen LogP contribution in [-0.4, -0.2) is 31.6 Å². The highest BCUT2D eigenvalue weighted by Crippen LogP contribution is 2.53. The van der Waals surface area contributed by atoms with E-state index in [0.717, 1.165) is 7.11 Å².